The molecule has 2 aromatic heterocycles. The van der Waals surface area contributed by atoms with Crippen LogP contribution in [0.2, 0.25) is 0 Å². The maximum atomic E-state index is 15.0. The number of fused-ring (bicyclic) bond motifs is 1. The van der Waals surface area contributed by atoms with Crippen LogP contribution >= 0.6 is 0 Å². The molecule has 0 atom stereocenters. The van der Waals surface area contributed by atoms with E-state index in [9.17, 15) is 39.9 Å². The van der Waals surface area contributed by atoms with E-state index in [1.807, 2.05) is 5.32 Å². The molecule has 16 heteroatoms. The fraction of sp³-hybridized carbons (Fsp3) is 0.280. The van der Waals surface area contributed by atoms with Gasteiger partial charge in [-0.25, -0.2) is 18.4 Å². The van der Waals surface area contributed by atoms with Crippen LogP contribution in [0.25, 0.3) is 16.6 Å². The lowest BCUT2D eigenvalue weighted by Gasteiger charge is -2.27. The number of nitrogens with one attached hydrogen (secondary N) is 2. The zero-order valence-electron chi connectivity index (χ0n) is 20.7. The normalized spacial score (nSPS) is 14.9. The average Bonchev–Trinajstić information content (AvgIpc) is 3.35. The van der Waals surface area contributed by atoms with Gasteiger partial charge in [0.1, 0.15) is 17.5 Å². The largest absolute Gasteiger partial charge is 0.435 e. The number of aromatic nitrogens is 4. The first-order chi connectivity index (χ1) is 19.3. The maximum Gasteiger partial charge on any atom is 0.435 e. The maximum absolute atomic E-state index is 15.0. The number of amides is 1. The van der Waals surface area contributed by atoms with Crippen LogP contribution < -0.4 is 10.6 Å². The highest BCUT2D eigenvalue weighted by molar-refractivity contribution is 6.03. The number of anilines is 1. The number of nitrogens with zero attached hydrogens (tertiary/aromatic N) is 5. The lowest BCUT2D eigenvalue weighted by atomic mass is 10.1. The Kier molecular flexibility index (Phi) is 7.37. The lowest BCUT2D eigenvalue weighted by molar-refractivity contribution is -0.145. The van der Waals surface area contributed by atoms with Crippen LogP contribution in [0.1, 0.15) is 27.3 Å². The Balaban J connectivity index is 1.46. The van der Waals surface area contributed by atoms with Crippen molar-refractivity contribution in [2.45, 2.75) is 18.9 Å². The molecule has 2 N–H and O–H groups in total. The van der Waals surface area contributed by atoms with Crippen molar-refractivity contribution in [3.63, 3.8) is 0 Å². The molecule has 0 spiro atoms. The zero-order chi connectivity index (χ0) is 29.5. The molecular weight excluding hydrogens is 566 g/mol. The predicted molar refractivity (Wildman–Crippen MR) is 129 cm³/mol. The molecule has 216 valence electrons. The van der Waals surface area contributed by atoms with Crippen molar-refractivity contribution < 1.29 is 39.9 Å². The van der Waals surface area contributed by atoms with E-state index in [1.165, 1.54) is 6.07 Å². The van der Waals surface area contributed by atoms with Crippen molar-refractivity contribution in [3.8, 4) is 5.69 Å². The minimum atomic E-state index is -5.42. The fourth-order valence-corrected chi connectivity index (χ4v) is 4.47. The van der Waals surface area contributed by atoms with Crippen molar-refractivity contribution in [2.75, 3.05) is 31.5 Å². The molecule has 1 aliphatic heterocycles. The van der Waals surface area contributed by atoms with Gasteiger partial charge in [0.2, 0.25) is 0 Å². The van der Waals surface area contributed by atoms with E-state index in [-0.39, 0.29) is 21.7 Å². The van der Waals surface area contributed by atoms with E-state index in [4.69, 9.17) is 0 Å². The Bertz CT molecular complexity index is 1610. The molecular formula is C25H19F8N7O. The van der Waals surface area contributed by atoms with Crippen LogP contribution in [0.4, 0.5) is 40.9 Å². The third-order valence-corrected chi connectivity index (χ3v) is 6.33. The number of rotatable bonds is 5. The molecule has 1 saturated heterocycles. The van der Waals surface area contributed by atoms with Crippen molar-refractivity contribution in [3.05, 3.63) is 76.6 Å². The molecule has 0 saturated carbocycles. The van der Waals surface area contributed by atoms with Crippen LogP contribution in [0, 0.1) is 11.6 Å². The first-order valence-corrected chi connectivity index (χ1v) is 12.0. The van der Waals surface area contributed by atoms with Crippen molar-refractivity contribution in [1.82, 2.24) is 30.2 Å². The van der Waals surface area contributed by atoms with Crippen molar-refractivity contribution in [1.29, 1.82) is 0 Å². The number of halogens is 8. The molecule has 4 aromatic rings. The summed E-state index contributed by atoms with van der Waals surface area (Å²) in [7, 11) is 0. The Morgan fingerprint density at radius 1 is 0.951 bits per heavy atom. The number of carbonyl (C=O) groups excluding carboxylic acids is 1. The van der Waals surface area contributed by atoms with E-state index >= 15 is 0 Å². The molecule has 1 aliphatic rings. The smallest absolute Gasteiger partial charge is 0.314 e. The van der Waals surface area contributed by atoms with Gasteiger partial charge in [-0.3, -0.25) is 9.69 Å². The summed E-state index contributed by atoms with van der Waals surface area (Å²) in [6.45, 7) is 3.84. The highest BCUT2D eigenvalue weighted by Gasteiger charge is 2.44. The molecule has 0 bridgehead atoms. The highest BCUT2D eigenvalue weighted by Crippen LogP contribution is 2.38. The van der Waals surface area contributed by atoms with E-state index in [0.29, 0.717) is 18.7 Å². The van der Waals surface area contributed by atoms with Crippen molar-refractivity contribution in [2.24, 2.45) is 0 Å². The summed E-state index contributed by atoms with van der Waals surface area (Å²) in [6.07, 6.45) is -10.7. The Morgan fingerprint density at radius 2 is 1.68 bits per heavy atom. The van der Waals surface area contributed by atoms with Crippen LogP contribution in [0.3, 0.4) is 0 Å². The molecule has 3 heterocycles. The zero-order valence-corrected chi connectivity index (χ0v) is 20.7. The van der Waals surface area contributed by atoms with Crippen LogP contribution in [0.5, 0.6) is 0 Å². The Hall–Kier alpha value is -4.18. The van der Waals surface area contributed by atoms with Crippen LogP contribution in [-0.2, 0) is 18.9 Å². The van der Waals surface area contributed by atoms with Crippen LogP contribution in [-0.4, -0.2) is 57.0 Å². The number of carbonyl (C=O) groups is 1. The third kappa shape index (κ3) is 5.97. The number of piperazine rings is 1. The number of hydrogen-bond donors (Lipinski definition) is 2. The molecule has 2 aromatic carbocycles. The minimum Gasteiger partial charge on any atom is -0.314 e. The topological polar surface area (TPSA) is 88.0 Å². The van der Waals surface area contributed by atoms with Gasteiger partial charge in [0, 0.05) is 44.2 Å². The summed E-state index contributed by atoms with van der Waals surface area (Å²) >= 11 is 0. The molecule has 41 heavy (non-hydrogen) atoms. The van der Waals surface area contributed by atoms with Gasteiger partial charge in [-0.15, -0.1) is 5.10 Å². The first-order valence-electron chi connectivity index (χ1n) is 12.0. The molecule has 1 amide bonds. The van der Waals surface area contributed by atoms with Gasteiger partial charge < -0.3 is 10.6 Å². The third-order valence-electron chi connectivity index (χ3n) is 6.33. The van der Waals surface area contributed by atoms with Gasteiger partial charge in [-0.05, 0) is 35.9 Å². The molecule has 0 aliphatic carbocycles. The van der Waals surface area contributed by atoms with Gasteiger partial charge >= 0.3 is 12.4 Å². The first kappa shape index (κ1) is 28.4. The quantitative estimate of drug-likeness (QED) is 0.328. The second-order valence-corrected chi connectivity index (χ2v) is 9.18. The number of hydrogen-bond acceptors (Lipinski definition) is 6. The number of pyridine rings is 1. The summed E-state index contributed by atoms with van der Waals surface area (Å²) in [6, 6.07) is 6.51. The van der Waals surface area contributed by atoms with E-state index in [1.54, 1.807) is 12.1 Å². The van der Waals surface area contributed by atoms with Gasteiger partial charge in [0.15, 0.2) is 11.4 Å². The summed E-state index contributed by atoms with van der Waals surface area (Å²) in [5.74, 6) is -4.18. The SMILES string of the molecule is O=C(Nc1cc(F)c2cc(CN3CCNCC3)ccc2n1)c1nnn(-c2ccc(F)cc2C(F)(F)F)c1C(F)(F)F. The fourth-order valence-electron chi connectivity index (χ4n) is 4.47. The van der Waals surface area contributed by atoms with Gasteiger partial charge in [0.25, 0.3) is 5.91 Å². The van der Waals surface area contributed by atoms with E-state index < -0.39 is 58.4 Å². The number of alkyl halides is 6. The molecule has 8 nitrogen and oxygen atoms in total. The summed E-state index contributed by atoms with van der Waals surface area (Å²) < 4.78 is 111. The second-order valence-electron chi connectivity index (χ2n) is 9.18. The standard InChI is InChI=1S/C25H19F8N7O/c26-14-2-4-19(16(10-14)24(28,29)30)40-22(25(31,32)33)21(37-38-40)23(41)36-20-11-17(27)15-9-13(1-3-18(15)35-20)12-39-7-5-34-6-8-39/h1-4,9-11,34H,5-8,12H2,(H,35,36,41). The highest BCUT2D eigenvalue weighted by atomic mass is 19.4. The second kappa shape index (κ2) is 10.7. The number of benzene rings is 2. The molecule has 1 fully saturated rings. The molecule has 5 rings (SSSR count). The average molecular weight is 585 g/mol. The summed E-state index contributed by atoms with van der Waals surface area (Å²) in [4.78, 5) is 19.1. The molecule has 0 radical (unpaired) electrons. The predicted octanol–water partition coefficient (Wildman–Crippen LogP) is 4.79. The Labute approximate surface area is 226 Å². The van der Waals surface area contributed by atoms with Gasteiger partial charge in [-0.2, -0.15) is 26.3 Å². The molecule has 0 unspecified atom stereocenters. The minimum absolute atomic E-state index is 0.00611. The van der Waals surface area contributed by atoms with E-state index in [2.05, 4.69) is 25.5 Å². The summed E-state index contributed by atoms with van der Waals surface area (Å²) in [5.41, 5.74) is -5.42. The van der Waals surface area contributed by atoms with Gasteiger partial charge in [0.05, 0.1) is 16.8 Å². The summed E-state index contributed by atoms with van der Waals surface area (Å²) in [5, 5.41) is 11.6. The van der Waals surface area contributed by atoms with Crippen LogP contribution in [0.15, 0.2) is 42.5 Å². The lowest BCUT2D eigenvalue weighted by Crippen LogP contribution is -2.42. The Morgan fingerprint density at radius 3 is 2.37 bits per heavy atom. The monoisotopic (exact) mass is 585 g/mol. The van der Waals surface area contributed by atoms with Gasteiger partial charge in [-0.1, -0.05) is 11.3 Å². The van der Waals surface area contributed by atoms with Crippen molar-refractivity contribution >= 4 is 22.6 Å². The van der Waals surface area contributed by atoms with E-state index in [0.717, 1.165) is 37.8 Å².